The monoisotopic (exact) mass is 311 g/mol. The highest BCUT2D eigenvalue weighted by molar-refractivity contribution is 7.94. The highest BCUT2D eigenvalue weighted by atomic mass is 32.2. The maximum absolute atomic E-state index is 12.3. The van der Waals surface area contributed by atoms with E-state index in [9.17, 15) is 13.2 Å². The number of rotatable bonds is 3. The lowest BCUT2D eigenvalue weighted by atomic mass is 10.1. The number of fused-ring (bicyclic) bond motifs is 1. The zero-order chi connectivity index (χ0) is 14.3. The molecule has 0 unspecified atom stereocenters. The lowest BCUT2D eigenvalue weighted by molar-refractivity contribution is 0.602. The van der Waals surface area contributed by atoms with E-state index < -0.39 is 10.0 Å². The molecule has 0 saturated carbocycles. The van der Waals surface area contributed by atoms with Crippen LogP contribution in [0.2, 0.25) is 0 Å². The first-order valence-corrected chi connectivity index (χ1v) is 8.35. The van der Waals surface area contributed by atoms with Gasteiger partial charge in [-0.25, -0.2) is 8.42 Å². The highest BCUT2D eigenvalue weighted by Gasteiger charge is 2.21. The average molecular weight is 311 g/mol. The maximum atomic E-state index is 12.3. The van der Waals surface area contributed by atoms with Gasteiger partial charge in [0.05, 0.1) is 0 Å². The van der Waals surface area contributed by atoms with Gasteiger partial charge in [-0.2, -0.15) is 0 Å². The number of aromatic nitrogens is 1. The van der Waals surface area contributed by atoms with Crippen molar-refractivity contribution < 1.29 is 8.42 Å². The number of benzene rings is 1. The molecule has 3 N–H and O–H groups in total. The molecule has 3 rings (SSSR count). The van der Waals surface area contributed by atoms with E-state index >= 15 is 0 Å². The molecule has 6 nitrogen and oxygen atoms in total. The van der Waals surface area contributed by atoms with E-state index in [4.69, 9.17) is 0 Å². The summed E-state index contributed by atoms with van der Waals surface area (Å²) in [7, 11) is -3.72. The van der Waals surface area contributed by atoms with Crippen molar-refractivity contribution in [1.82, 2.24) is 4.98 Å². The second kappa shape index (κ2) is 4.64. The van der Waals surface area contributed by atoms with Gasteiger partial charge < -0.3 is 10.3 Å². The molecule has 0 amide bonds. The van der Waals surface area contributed by atoms with E-state index in [1.54, 1.807) is 13.0 Å². The Morgan fingerprint density at radius 1 is 1.35 bits per heavy atom. The normalized spacial score (nSPS) is 13.8. The SMILES string of the molecule is Cc1[nH]c(=O)sc1S(=O)(=O)Nc1ccc2c(c1)CCN2. The van der Waals surface area contributed by atoms with Crippen LogP contribution in [0.3, 0.4) is 0 Å². The molecule has 0 saturated heterocycles. The molecule has 1 aromatic carbocycles. The largest absolute Gasteiger partial charge is 0.384 e. The van der Waals surface area contributed by atoms with E-state index in [0.29, 0.717) is 22.7 Å². The molecule has 20 heavy (non-hydrogen) atoms. The average Bonchev–Trinajstić information content (AvgIpc) is 2.94. The minimum absolute atomic E-state index is 0.0288. The summed E-state index contributed by atoms with van der Waals surface area (Å²) in [4.78, 5) is 13.3. The van der Waals surface area contributed by atoms with Gasteiger partial charge in [-0.3, -0.25) is 9.52 Å². The Balaban J connectivity index is 1.94. The fourth-order valence-corrected chi connectivity index (χ4v) is 4.57. The van der Waals surface area contributed by atoms with Gasteiger partial charge in [0.1, 0.15) is 0 Å². The Bertz CT molecular complexity index is 821. The van der Waals surface area contributed by atoms with Crippen molar-refractivity contribution in [3.8, 4) is 0 Å². The fraction of sp³-hybridized carbons (Fsp3) is 0.250. The summed E-state index contributed by atoms with van der Waals surface area (Å²) in [5.41, 5.74) is 2.99. The van der Waals surface area contributed by atoms with Crippen LogP contribution in [-0.2, 0) is 16.4 Å². The third kappa shape index (κ3) is 2.32. The van der Waals surface area contributed by atoms with Crippen molar-refractivity contribution in [2.45, 2.75) is 17.6 Å². The van der Waals surface area contributed by atoms with Crippen LogP contribution < -0.4 is 14.9 Å². The summed E-state index contributed by atoms with van der Waals surface area (Å²) in [6, 6.07) is 5.38. The zero-order valence-corrected chi connectivity index (χ0v) is 12.3. The van der Waals surface area contributed by atoms with Gasteiger partial charge in [-0.15, -0.1) is 0 Å². The van der Waals surface area contributed by atoms with Crippen molar-refractivity contribution in [3.05, 3.63) is 39.1 Å². The molecule has 106 valence electrons. The van der Waals surface area contributed by atoms with Crippen LogP contribution in [0.15, 0.2) is 27.2 Å². The molecule has 0 radical (unpaired) electrons. The molecule has 8 heteroatoms. The second-order valence-electron chi connectivity index (χ2n) is 4.58. The highest BCUT2D eigenvalue weighted by Crippen LogP contribution is 2.27. The number of H-pyrrole nitrogens is 1. The molecule has 0 fully saturated rings. The molecule has 1 aromatic heterocycles. The predicted molar refractivity (Wildman–Crippen MR) is 79.1 cm³/mol. The summed E-state index contributed by atoms with van der Waals surface area (Å²) in [6.07, 6.45) is 0.876. The molecule has 1 aliphatic heterocycles. The third-order valence-corrected chi connectivity index (χ3v) is 6.08. The topological polar surface area (TPSA) is 91.1 Å². The van der Waals surface area contributed by atoms with Crippen molar-refractivity contribution in [2.75, 3.05) is 16.6 Å². The van der Waals surface area contributed by atoms with Crippen LogP contribution >= 0.6 is 11.3 Å². The standard InChI is InChI=1S/C12H13N3O3S2/c1-7-11(19-12(16)14-7)20(17,18)15-9-2-3-10-8(6-9)4-5-13-10/h2-3,6,13,15H,4-5H2,1H3,(H,14,16). The van der Waals surface area contributed by atoms with Crippen molar-refractivity contribution >= 4 is 32.7 Å². The number of hydrogen-bond donors (Lipinski definition) is 3. The Labute approximate surface area is 119 Å². The number of sulfonamides is 1. The first kappa shape index (κ1) is 13.2. The van der Waals surface area contributed by atoms with E-state index in [2.05, 4.69) is 15.0 Å². The number of thiazole rings is 1. The fourth-order valence-electron chi connectivity index (χ4n) is 2.22. The summed E-state index contributed by atoms with van der Waals surface area (Å²) in [5, 5.41) is 3.21. The lowest BCUT2D eigenvalue weighted by Crippen LogP contribution is -2.12. The second-order valence-corrected chi connectivity index (χ2v) is 7.44. The van der Waals surface area contributed by atoms with Gasteiger partial charge in [0.25, 0.3) is 10.0 Å². The van der Waals surface area contributed by atoms with E-state index in [1.165, 1.54) is 0 Å². The van der Waals surface area contributed by atoms with Gasteiger partial charge in [0.15, 0.2) is 4.21 Å². The Morgan fingerprint density at radius 3 is 2.85 bits per heavy atom. The third-order valence-electron chi connectivity index (χ3n) is 3.09. The van der Waals surface area contributed by atoms with Gasteiger partial charge >= 0.3 is 4.87 Å². The zero-order valence-electron chi connectivity index (χ0n) is 10.7. The minimum Gasteiger partial charge on any atom is -0.384 e. The molecule has 2 heterocycles. The van der Waals surface area contributed by atoms with Crippen LogP contribution in [-0.4, -0.2) is 19.9 Å². The predicted octanol–water partition coefficient (Wildman–Crippen LogP) is 1.51. The van der Waals surface area contributed by atoms with Crippen LogP contribution in [0.25, 0.3) is 0 Å². The number of aryl methyl sites for hydroxylation is 1. The Hall–Kier alpha value is -1.80. The first-order chi connectivity index (χ1) is 9.45. The molecule has 0 bridgehead atoms. The maximum Gasteiger partial charge on any atom is 0.306 e. The molecule has 0 aliphatic carbocycles. The molecule has 1 aliphatic rings. The van der Waals surface area contributed by atoms with Crippen molar-refractivity contribution in [3.63, 3.8) is 0 Å². The van der Waals surface area contributed by atoms with Gasteiger partial charge in [-0.1, -0.05) is 11.3 Å². The summed E-state index contributed by atoms with van der Waals surface area (Å²) in [6.45, 7) is 2.43. The van der Waals surface area contributed by atoms with Crippen LogP contribution in [0.4, 0.5) is 11.4 Å². The number of nitrogens with one attached hydrogen (secondary N) is 3. The first-order valence-electron chi connectivity index (χ1n) is 6.05. The van der Waals surface area contributed by atoms with Crippen LogP contribution in [0.1, 0.15) is 11.3 Å². The van der Waals surface area contributed by atoms with Crippen molar-refractivity contribution in [1.29, 1.82) is 0 Å². The smallest absolute Gasteiger partial charge is 0.306 e. The molecule has 2 aromatic rings. The van der Waals surface area contributed by atoms with Crippen LogP contribution in [0.5, 0.6) is 0 Å². The van der Waals surface area contributed by atoms with Gasteiger partial charge in [0.2, 0.25) is 0 Å². The number of anilines is 2. The summed E-state index contributed by atoms with van der Waals surface area (Å²) >= 11 is 0.692. The van der Waals surface area contributed by atoms with E-state index in [-0.39, 0.29) is 9.08 Å². The lowest BCUT2D eigenvalue weighted by Gasteiger charge is -2.08. The van der Waals surface area contributed by atoms with E-state index in [0.717, 1.165) is 24.2 Å². The van der Waals surface area contributed by atoms with Gasteiger partial charge in [0, 0.05) is 23.6 Å². The number of aromatic amines is 1. The minimum atomic E-state index is -3.72. The molecule has 0 spiro atoms. The molecular weight excluding hydrogens is 298 g/mol. The quantitative estimate of drug-likeness (QED) is 0.801. The Morgan fingerprint density at radius 2 is 2.15 bits per heavy atom. The van der Waals surface area contributed by atoms with Gasteiger partial charge in [-0.05, 0) is 37.1 Å². The van der Waals surface area contributed by atoms with Crippen LogP contribution in [0, 0.1) is 6.92 Å². The summed E-state index contributed by atoms with van der Waals surface area (Å²) in [5.74, 6) is 0. The summed E-state index contributed by atoms with van der Waals surface area (Å²) < 4.78 is 27.1. The van der Waals surface area contributed by atoms with Crippen molar-refractivity contribution in [2.24, 2.45) is 0 Å². The van der Waals surface area contributed by atoms with E-state index in [1.807, 2.05) is 12.1 Å². The molecular formula is C12H13N3O3S2. The number of hydrogen-bond acceptors (Lipinski definition) is 5. The Kier molecular flexibility index (Phi) is 3.06. The molecule has 0 atom stereocenters.